The fourth-order valence-corrected chi connectivity index (χ4v) is 3.78. The Morgan fingerprint density at radius 3 is 1.79 bits per heavy atom. The summed E-state index contributed by atoms with van der Waals surface area (Å²) in [7, 11) is 0.940. The number of alkyl halides is 3. The zero-order valence-corrected chi connectivity index (χ0v) is 18.5. The van der Waals surface area contributed by atoms with Crippen LogP contribution in [0.1, 0.15) is 66.4 Å². The number of carbonyl (C=O) groups is 2. The highest BCUT2D eigenvalue weighted by Gasteiger charge is 2.58. The van der Waals surface area contributed by atoms with Crippen molar-refractivity contribution < 1.29 is 37.0 Å². The highest BCUT2D eigenvalue weighted by Crippen LogP contribution is 2.47. The van der Waals surface area contributed by atoms with Crippen LogP contribution in [0.5, 0.6) is 0 Å². The zero-order valence-electron chi connectivity index (χ0n) is 18.5. The summed E-state index contributed by atoms with van der Waals surface area (Å²) in [6.07, 6.45) is -0.408. The van der Waals surface area contributed by atoms with Gasteiger partial charge in [-0.1, -0.05) is 55.7 Å². The number of unbranched alkanes of at least 4 members (excludes halogenated alkanes) is 4. The number of hydrogen-bond acceptors (Lipinski definition) is 4. The zero-order chi connectivity index (χ0) is 24.5. The van der Waals surface area contributed by atoms with E-state index in [0.29, 0.717) is 24.8 Å². The normalized spacial score (nSPS) is 13.5. The van der Waals surface area contributed by atoms with Crippen molar-refractivity contribution in [3.05, 3.63) is 71.0 Å². The lowest BCUT2D eigenvalue weighted by Gasteiger charge is -2.35. The predicted molar refractivity (Wildman–Crippen MR) is 115 cm³/mol. The molecule has 2 aromatic carbocycles. The topological polar surface area (TPSA) is 63.6 Å². The van der Waals surface area contributed by atoms with Crippen LogP contribution in [-0.4, -0.2) is 36.6 Å². The number of aliphatic hydroxyl groups excluding tert-OH is 1. The summed E-state index contributed by atoms with van der Waals surface area (Å²) in [6.45, 7) is -0.439. The van der Waals surface area contributed by atoms with Crippen molar-refractivity contribution in [2.75, 3.05) is 13.7 Å². The van der Waals surface area contributed by atoms with Crippen LogP contribution in [0.15, 0.2) is 48.5 Å². The van der Waals surface area contributed by atoms with E-state index in [2.05, 4.69) is 0 Å². The molecule has 0 radical (unpaired) electrons. The maximum absolute atomic E-state index is 14.1. The standard InChI is InChI=1S/C25H28F4O4/c1-33-24(25(27,28)29,20-13-15-21(26)16-14-20)19-11-9-18(10-12-19)23(32)8-6-4-2-3-5-7-22(31)17-30/h9-16,30H,2-8,17H2,1H3. The molecule has 1 unspecified atom stereocenters. The molecular weight excluding hydrogens is 440 g/mol. The lowest BCUT2D eigenvalue weighted by molar-refractivity contribution is -0.258. The number of hydrogen-bond donors (Lipinski definition) is 1. The van der Waals surface area contributed by atoms with Crippen LogP contribution in [0.3, 0.4) is 0 Å². The van der Waals surface area contributed by atoms with Crippen LogP contribution in [-0.2, 0) is 15.1 Å². The van der Waals surface area contributed by atoms with E-state index < -0.39 is 24.2 Å². The Kier molecular flexibility index (Phi) is 9.73. The van der Waals surface area contributed by atoms with Gasteiger partial charge in [0.05, 0.1) is 0 Å². The lowest BCUT2D eigenvalue weighted by atomic mass is 9.84. The number of aliphatic hydroxyl groups is 1. The fraction of sp³-hybridized carbons (Fsp3) is 0.440. The van der Waals surface area contributed by atoms with E-state index in [1.807, 2.05) is 0 Å². The van der Waals surface area contributed by atoms with E-state index in [4.69, 9.17) is 9.84 Å². The number of ether oxygens (including phenoxy) is 1. The highest BCUT2D eigenvalue weighted by atomic mass is 19.4. The molecule has 0 spiro atoms. The van der Waals surface area contributed by atoms with E-state index in [1.165, 1.54) is 24.3 Å². The second kappa shape index (κ2) is 12.0. The SMILES string of the molecule is COC(c1ccc(F)cc1)(c1ccc(C(=O)CCCCCCCC(=O)CO)cc1)C(F)(F)F. The first kappa shape index (κ1) is 26.7. The summed E-state index contributed by atoms with van der Waals surface area (Å²) >= 11 is 0. The number of methoxy groups -OCH3 is 1. The number of benzene rings is 2. The van der Waals surface area contributed by atoms with Gasteiger partial charge in [-0.15, -0.1) is 0 Å². The Morgan fingerprint density at radius 2 is 1.30 bits per heavy atom. The third-order valence-electron chi connectivity index (χ3n) is 5.61. The van der Waals surface area contributed by atoms with Gasteiger partial charge in [-0.3, -0.25) is 9.59 Å². The van der Waals surface area contributed by atoms with Crippen LogP contribution < -0.4 is 0 Å². The molecule has 2 rings (SSSR count). The second-order valence-corrected chi connectivity index (χ2v) is 7.86. The van der Waals surface area contributed by atoms with Gasteiger partial charge in [-0.25, -0.2) is 4.39 Å². The minimum absolute atomic E-state index is 0.172. The molecule has 0 aliphatic rings. The quantitative estimate of drug-likeness (QED) is 0.231. The molecule has 2 aromatic rings. The molecule has 0 aromatic heterocycles. The summed E-state index contributed by atoms with van der Waals surface area (Å²) in [4.78, 5) is 23.5. The first-order valence-electron chi connectivity index (χ1n) is 10.8. The molecule has 0 aliphatic carbocycles. The van der Waals surface area contributed by atoms with Gasteiger partial charge in [0.15, 0.2) is 11.6 Å². The maximum atomic E-state index is 14.1. The Hall–Kier alpha value is -2.58. The predicted octanol–water partition coefficient (Wildman–Crippen LogP) is 5.75. The third kappa shape index (κ3) is 6.71. The van der Waals surface area contributed by atoms with Crippen molar-refractivity contribution in [2.24, 2.45) is 0 Å². The first-order valence-corrected chi connectivity index (χ1v) is 10.8. The smallest absolute Gasteiger partial charge is 0.389 e. The number of Topliss-reactive ketones (excluding diaryl/α,β-unsaturated/α-hetero) is 2. The Morgan fingerprint density at radius 1 is 0.818 bits per heavy atom. The highest BCUT2D eigenvalue weighted by molar-refractivity contribution is 5.96. The number of rotatable bonds is 13. The van der Waals surface area contributed by atoms with Gasteiger partial charge in [-0.05, 0) is 36.1 Å². The number of ketones is 2. The van der Waals surface area contributed by atoms with Crippen LogP contribution in [0.2, 0.25) is 0 Å². The largest absolute Gasteiger partial charge is 0.425 e. The van der Waals surface area contributed by atoms with Gasteiger partial charge in [-0.2, -0.15) is 13.2 Å². The monoisotopic (exact) mass is 468 g/mol. The van der Waals surface area contributed by atoms with E-state index in [0.717, 1.165) is 50.6 Å². The summed E-state index contributed by atoms with van der Waals surface area (Å²) in [5, 5.41) is 8.66. The number of halogens is 4. The Bertz CT molecular complexity index is 907. The summed E-state index contributed by atoms with van der Waals surface area (Å²) < 4.78 is 60.7. The molecule has 0 fully saturated rings. The van der Waals surface area contributed by atoms with E-state index in [-0.39, 0.29) is 29.1 Å². The molecule has 8 heteroatoms. The summed E-state index contributed by atoms with van der Waals surface area (Å²) in [6, 6.07) is 9.07. The summed E-state index contributed by atoms with van der Waals surface area (Å²) in [5.41, 5.74) is -2.96. The van der Waals surface area contributed by atoms with E-state index in [1.54, 1.807) is 0 Å². The molecule has 33 heavy (non-hydrogen) atoms. The average Bonchev–Trinajstić information content (AvgIpc) is 2.79. The molecule has 0 saturated heterocycles. The minimum Gasteiger partial charge on any atom is -0.389 e. The second-order valence-electron chi connectivity index (χ2n) is 7.86. The van der Waals surface area contributed by atoms with Crippen molar-refractivity contribution in [1.82, 2.24) is 0 Å². The first-order chi connectivity index (χ1) is 15.7. The molecule has 0 amide bonds. The maximum Gasteiger partial charge on any atom is 0.425 e. The molecule has 0 bridgehead atoms. The molecule has 0 saturated carbocycles. The van der Waals surface area contributed by atoms with Crippen molar-refractivity contribution in [3.63, 3.8) is 0 Å². The van der Waals surface area contributed by atoms with Crippen molar-refractivity contribution in [2.45, 2.75) is 56.7 Å². The van der Waals surface area contributed by atoms with E-state index in [9.17, 15) is 27.2 Å². The average molecular weight is 468 g/mol. The Balaban J connectivity index is 2.03. The van der Waals surface area contributed by atoms with Crippen LogP contribution in [0.25, 0.3) is 0 Å². The van der Waals surface area contributed by atoms with Crippen LogP contribution in [0.4, 0.5) is 17.6 Å². The molecular formula is C25H28F4O4. The van der Waals surface area contributed by atoms with Crippen molar-refractivity contribution in [1.29, 1.82) is 0 Å². The van der Waals surface area contributed by atoms with Crippen molar-refractivity contribution in [3.8, 4) is 0 Å². The van der Waals surface area contributed by atoms with Gasteiger partial charge in [0.1, 0.15) is 12.4 Å². The summed E-state index contributed by atoms with van der Waals surface area (Å²) in [5.74, 6) is -1.02. The fourth-order valence-electron chi connectivity index (χ4n) is 3.78. The van der Waals surface area contributed by atoms with Gasteiger partial charge in [0.2, 0.25) is 5.60 Å². The number of carbonyl (C=O) groups excluding carboxylic acids is 2. The molecule has 180 valence electrons. The molecule has 0 aliphatic heterocycles. The van der Waals surface area contributed by atoms with Crippen LogP contribution >= 0.6 is 0 Å². The molecule has 1 N–H and O–H groups in total. The van der Waals surface area contributed by atoms with Crippen molar-refractivity contribution >= 4 is 11.6 Å². The molecule has 0 heterocycles. The minimum atomic E-state index is -4.83. The van der Waals surface area contributed by atoms with Gasteiger partial charge in [0, 0.05) is 25.5 Å². The Labute approximate surface area is 190 Å². The van der Waals surface area contributed by atoms with Gasteiger partial charge >= 0.3 is 6.18 Å². The molecule has 4 nitrogen and oxygen atoms in total. The van der Waals surface area contributed by atoms with Gasteiger partial charge < -0.3 is 9.84 Å². The lowest BCUT2D eigenvalue weighted by Crippen LogP contribution is -2.45. The van der Waals surface area contributed by atoms with E-state index >= 15 is 0 Å². The third-order valence-corrected chi connectivity index (χ3v) is 5.61. The molecule has 1 atom stereocenters. The van der Waals surface area contributed by atoms with Crippen LogP contribution in [0, 0.1) is 5.82 Å². The van der Waals surface area contributed by atoms with Gasteiger partial charge in [0.25, 0.3) is 0 Å².